The molecule has 0 saturated carbocycles. The number of H-pyrrole nitrogens is 1. The minimum atomic E-state index is -0.156. The molecule has 0 radical (unpaired) electrons. The minimum Gasteiger partial charge on any atom is -0.319 e. The van der Waals surface area contributed by atoms with Crippen LogP contribution in [0.1, 0.15) is 16.1 Å². The van der Waals surface area contributed by atoms with Crippen LogP contribution in [0.5, 0.6) is 0 Å². The van der Waals surface area contributed by atoms with Crippen molar-refractivity contribution in [1.29, 1.82) is 0 Å². The van der Waals surface area contributed by atoms with Gasteiger partial charge in [-0.25, -0.2) is 0 Å². The van der Waals surface area contributed by atoms with Crippen LogP contribution < -0.4 is 5.32 Å². The summed E-state index contributed by atoms with van der Waals surface area (Å²) in [5.74, 6) is -0.156. The number of hydrogen-bond donors (Lipinski definition) is 2. The fraction of sp³-hybridized carbons (Fsp3) is 0.0435. The van der Waals surface area contributed by atoms with Crippen molar-refractivity contribution < 1.29 is 4.79 Å². The van der Waals surface area contributed by atoms with Crippen molar-refractivity contribution in [2.45, 2.75) is 6.92 Å². The summed E-state index contributed by atoms with van der Waals surface area (Å²) in [7, 11) is 0. The first-order valence-electron chi connectivity index (χ1n) is 8.79. The van der Waals surface area contributed by atoms with Gasteiger partial charge >= 0.3 is 0 Å². The second-order valence-electron chi connectivity index (χ2n) is 6.34. The maximum Gasteiger partial charge on any atom is 0.255 e. The zero-order valence-corrected chi connectivity index (χ0v) is 14.9. The zero-order chi connectivity index (χ0) is 18.6. The van der Waals surface area contributed by atoms with Crippen LogP contribution >= 0.6 is 0 Å². The molecule has 4 nitrogen and oxygen atoms in total. The van der Waals surface area contributed by atoms with Gasteiger partial charge in [0.15, 0.2) is 0 Å². The molecular weight excluding hydrogens is 334 g/mol. The first-order valence-corrected chi connectivity index (χ1v) is 8.79. The number of amides is 1. The number of carbonyl (C=O) groups excluding carboxylic acids is 1. The summed E-state index contributed by atoms with van der Waals surface area (Å²) in [5, 5.41) is 10.3. The van der Waals surface area contributed by atoms with Gasteiger partial charge in [-0.15, -0.1) is 0 Å². The topological polar surface area (TPSA) is 57.8 Å². The number of nitrogens with zero attached hydrogens (tertiary/aromatic N) is 1. The molecule has 1 amide bonds. The van der Waals surface area contributed by atoms with Crippen LogP contribution in [0.4, 0.5) is 5.69 Å². The molecule has 0 saturated heterocycles. The van der Waals surface area contributed by atoms with E-state index in [4.69, 9.17) is 0 Å². The van der Waals surface area contributed by atoms with Crippen molar-refractivity contribution in [3.8, 4) is 22.4 Å². The highest BCUT2D eigenvalue weighted by molar-refractivity contribution is 6.06. The zero-order valence-electron chi connectivity index (χ0n) is 14.9. The largest absolute Gasteiger partial charge is 0.319 e. The molecule has 4 rings (SSSR count). The molecule has 0 spiro atoms. The number of aromatic nitrogens is 2. The third-order valence-electron chi connectivity index (χ3n) is 4.49. The second-order valence-corrected chi connectivity index (χ2v) is 6.34. The molecule has 2 N–H and O–H groups in total. The van der Waals surface area contributed by atoms with Gasteiger partial charge in [0.1, 0.15) is 5.69 Å². The Hall–Kier alpha value is -3.66. The molecule has 4 aromatic rings. The molecule has 132 valence electrons. The molecular formula is C23H19N3O. The van der Waals surface area contributed by atoms with E-state index in [0.717, 1.165) is 28.1 Å². The summed E-state index contributed by atoms with van der Waals surface area (Å²) >= 11 is 0. The maximum atomic E-state index is 12.7. The van der Waals surface area contributed by atoms with Gasteiger partial charge in [-0.2, -0.15) is 5.10 Å². The predicted octanol–water partition coefficient (Wildman–Crippen LogP) is 5.30. The van der Waals surface area contributed by atoms with Crippen molar-refractivity contribution in [3.63, 3.8) is 0 Å². The fourth-order valence-corrected chi connectivity index (χ4v) is 3.02. The fourth-order valence-electron chi connectivity index (χ4n) is 3.02. The van der Waals surface area contributed by atoms with Crippen LogP contribution in [0.2, 0.25) is 0 Å². The molecule has 0 unspecified atom stereocenters. The van der Waals surface area contributed by atoms with Gasteiger partial charge in [-0.05, 0) is 30.2 Å². The molecule has 1 heterocycles. The van der Waals surface area contributed by atoms with Crippen molar-refractivity contribution in [3.05, 3.63) is 96.2 Å². The maximum absolute atomic E-state index is 12.7. The van der Waals surface area contributed by atoms with Crippen LogP contribution in [-0.4, -0.2) is 16.1 Å². The highest BCUT2D eigenvalue weighted by Crippen LogP contribution is 2.29. The lowest BCUT2D eigenvalue weighted by molar-refractivity contribution is 0.102. The summed E-state index contributed by atoms with van der Waals surface area (Å²) in [6.07, 6.45) is 0. The number of aryl methyl sites for hydroxylation is 1. The molecule has 0 bridgehead atoms. The third-order valence-corrected chi connectivity index (χ3v) is 4.49. The lowest BCUT2D eigenvalue weighted by atomic mass is 10.0. The molecule has 3 aromatic carbocycles. The predicted molar refractivity (Wildman–Crippen MR) is 109 cm³/mol. The van der Waals surface area contributed by atoms with Crippen LogP contribution in [0.25, 0.3) is 22.4 Å². The van der Waals surface area contributed by atoms with Crippen molar-refractivity contribution in [2.24, 2.45) is 0 Å². The van der Waals surface area contributed by atoms with E-state index >= 15 is 0 Å². The number of rotatable bonds is 4. The van der Waals surface area contributed by atoms with E-state index in [9.17, 15) is 4.79 Å². The molecule has 0 atom stereocenters. The van der Waals surface area contributed by atoms with Crippen molar-refractivity contribution in [1.82, 2.24) is 10.2 Å². The molecule has 27 heavy (non-hydrogen) atoms. The summed E-state index contributed by atoms with van der Waals surface area (Å²) in [4.78, 5) is 12.7. The first-order chi connectivity index (χ1) is 13.2. The molecule has 0 aliphatic heterocycles. The van der Waals surface area contributed by atoms with Crippen LogP contribution in [0.15, 0.2) is 84.9 Å². The highest BCUT2D eigenvalue weighted by Gasteiger charge is 2.16. The van der Waals surface area contributed by atoms with Gasteiger partial charge in [-0.3, -0.25) is 9.89 Å². The molecule has 4 heteroatoms. The normalized spacial score (nSPS) is 10.6. The van der Waals surface area contributed by atoms with Crippen LogP contribution in [-0.2, 0) is 0 Å². The number of aromatic amines is 1. The van der Waals surface area contributed by atoms with Crippen molar-refractivity contribution in [2.75, 3.05) is 5.32 Å². The summed E-state index contributed by atoms with van der Waals surface area (Å²) in [5.41, 5.74) is 6.03. The number of anilines is 1. The van der Waals surface area contributed by atoms with E-state index in [1.165, 1.54) is 0 Å². The Kier molecular flexibility index (Phi) is 4.54. The number of carbonyl (C=O) groups is 1. The average molecular weight is 353 g/mol. The van der Waals surface area contributed by atoms with Crippen molar-refractivity contribution >= 4 is 11.6 Å². The summed E-state index contributed by atoms with van der Waals surface area (Å²) in [6.45, 7) is 1.90. The highest BCUT2D eigenvalue weighted by atomic mass is 16.1. The first kappa shape index (κ1) is 16.8. The van der Waals surface area contributed by atoms with E-state index in [0.29, 0.717) is 11.3 Å². The Morgan fingerprint density at radius 2 is 1.33 bits per heavy atom. The van der Waals surface area contributed by atoms with E-state index in [1.54, 1.807) is 0 Å². The molecule has 0 aliphatic carbocycles. The van der Waals surface area contributed by atoms with Gasteiger partial charge in [0.2, 0.25) is 0 Å². The Morgan fingerprint density at radius 3 is 1.96 bits per heavy atom. The molecule has 1 aromatic heterocycles. The minimum absolute atomic E-state index is 0.156. The molecule has 0 aliphatic rings. The summed E-state index contributed by atoms with van der Waals surface area (Å²) < 4.78 is 0. The number of nitrogens with one attached hydrogen (secondary N) is 2. The average Bonchev–Trinajstić information content (AvgIpc) is 3.09. The Morgan fingerprint density at radius 1 is 0.778 bits per heavy atom. The number of hydrogen-bond acceptors (Lipinski definition) is 2. The van der Waals surface area contributed by atoms with Gasteiger partial charge in [0.05, 0.1) is 11.4 Å². The SMILES string of the molecule is Cc1[nH]nc(-c2ccccc2)c1NC(=O)c1ccc(-c2ccccc2)cc1. The number of benzene rings is 3. The van der Waals surface area contributed by atoms with Gasteiger partial charge < -0.3 is 5.32 Å². The van der Waals surface area contributed by atoms with Gasteiger partial charge in [0, 0.05) is 11.1 Å². The quantitative estimate of drug-likeness (QED) is 0.523. The van der Waals surface area contributed by atoms with Gasteiger partial charge in [0.25, 0.3) is 5.91 Å². The van der Waals surface area contributed by atoms with Gasteiger partial charge in [-0.1, -0.05) is 72.8 Å². The Balaban J connectivity index is 1.58. The standard InChI is InChI=1S/C23H19N3O/c1-16-21(22(26-25-16)19-10-6-3-7-11-19)24-23(27)20-14-12-18(13-15-20)17-8-4-2-5-9-17/h2-15H,1H3,(H,24,27)(H,25,26). The Labute approximate surface area is 157 Å². The second kappa shape index (κ2) is 7.30. The monoisotopic (exact) mass is 353 g/mol. The van der Waals surface area contributed by atoms with E-state index in [-0.39, 0.29) is 5.91 Å². The van der Waals surface area contributed by atoms with E-state index < -0.39 is 0 Å². The Bertz CT molecular complexity index is 1050. The van der Waals surface area contributed by atoms with E-state index in [2.05, 4.69) is 27.6 Å². The summed E-state index contributed by atoms with van der Waals surface area (Å²) in [6, 6.07) is 27.5. The third kappa shape index (κ3) is 3.51. The smallest absolute Gasteiger partial charge is 0.255 e. The lowest BCUT2D eigenvalue weighted by Gasteiger charge is -2.08. The molecule has 0 fully saturated rings. The van der Waals surface area contributed by atoms with Crippen LogP contribution in [0.3, 0.4) is 0 Å². The van der Waals surface area contributed by atoms with E-state index in [1.807, 2.05) is 79.7 Å². The van der Waals surface area contributed by atoms with Crippen LogP contribution in [0, 0.1) is 6.92 Å². The lowest BCUT2D eigenvalue weighted by Crippen LogP contribution is -2.12.